The molecule has 0 aliphatic heterocycles. The fraction of sp³-hybridized carbons (Fsp3) is 0.321. The Bertz CT molecular complexity index is 1230. The molecule has 0 atom stereocenters. The first-order valence-electron chi connectivity index (χ1n) is 12.0. The van der Waals surface area contributed by atoms with Crippen LogP contribution in [0, 0.1) is 13.8 Å². The second-order valence-corrected chi connectivity index (χ2v) is 11.5. The van der Waals surface area contributed by atoms with Crippen LogP contribution in [0.5, 0.6) is 5.75 Å². The molecule has 192 valence electrons. The molecule has 0 aliphatic rings. The summed E-state index contributed by atoms with van der Waals surface area (Å²) in [5, 5.41) is 2.87. The number of amides is 1. The number of rotatable bonds is 13. The molecule has 6 nitrogen and oxygen atoms in total. The van der Waals surface area contributed by atoms with Crippen LogP contribution in [0.15, 0.2) is 77.7 Å². The van der Waals surface area contributed by atoms with Crippen molar-refractivity contribution in [3.63, 3.8) is 0 Å². The van der Waals surface area contributed by atoms with E-state index in [0.29, 0.717) is 24.6 Å². The number of hydrogen-bond acceptors (Lipinski definition) is 5. The number of hydrogen-bond donors (Lipinski definition) is 1. The number of nitrogens with zero attached hydrogens (tertiary/aromatic N) is 1. The third-order valence-electron chi connectivity index (χ3n) is 5.47. The van der Waals surface area contributed by atoms with Crippen LogP contribution >= 0.6 is 11.8 Å². The predicted molar refractivity (Wildman–Crippen MR) is 148 cm³/mol. The number of carbonyl (C=O) groups is 1. The maximum Gasteiger partial charge on any atom is 0.264 e. The molecule has 1 N–H and O–H groups in total. The van der Waals surface area contributed by atoms with E-state index in [0.717, 1.165) is 27.8 Å². The molecule has 0 aliphatic carbocycles. The highest BCUT2D eigenvalue weighted by Crippen LogP contribution is 2.25. The van der Waals surface area contributed by atoms with Gasteiger partial charge in [0, 0.05) is 12.3 Å². The van der Waals surface area contributed by atoms with Crippen LogP contribution in [-0.4, -0.2) is 39.8 Å². The van der Waals surface area contributed by atoms with E-state index in [1.165, 1.54) is 23.3 Å². The van der Waals surface area contributed by atoms with Crippen LogP contribution in [0.2, 0.25) is 0 Å². The average molecular weight is 527 g/mol. The minimum Gasteiger partial charge on any atom is -0.494 e. The normalized spacial score (nSPS) is 11.2. The van der Waals surface area contributed by atoms with Gasteiger partial charge < -0.3 is 10.1 Å². The van der Waals surface area contributed by atoms with Gasteiger partial charge in [-0.3, -0.25) is 9.10 Å². The first-order chi connectivity index (χ1) is 17.3. The number of benzene rings is 3. The molecule has 0 saturated heterocycles. The summed E-state index contributed by atoms with van der Waals surface area (Å²) in [6, 6.07) is 21.8. The van der Waals surface area contributed by atoms with E-state index >= 15 is 0 Å². The van der Waals surface area contributed by atoms with E-state index in [9.17, 15) is 13.2 Å². The minimum absolute atomic E-state index is 0.104. The lowest BCUT2D eigenvalue weighted by atomic mass is 10.2. The van der Waals surface area contributed by atoms with Crippen LogP contribution in [0.4, 0.5) is 5.69 Å². The van der Waals surface area contributed by atoms with E-state index < -0.39 is 10.0 Å². The summed E-state index contributed by atoms with van der Waals surface area (Å²) >= 11 is 1.82. The molecule has 0 fully saturated rings. The van der Waals surface area contributed by atoms with Crippen molar-refractivity contribution in [3.05, 3.63) is 89.5 Å². The maximum absolute atomic E-state index is 13.5. The van der Waals surface area contributed by atoms with Gasteiger partial charge in [-0.2, -0.15) is 11.8 Å². The first-order valence-corrected chi connectivity index (χ1v) is 14.6. The number of anilines is 1. The van der Waals surface area contributed by atoms with Crippen molar-refractivity contribution < 1.29 is 17.9 Å². The Morgan fingerprint density at radius 2 is 1.69 bits per heavy atom. The number of sulfonamides is 1. The van der Waals surface area contributed by atoms with E-state index in [4.69, 9.17) is 4.74 Å². The van der Waals surface area contributed by atoms with Crippen LogP contribution in [0.1, 0.15) is 30.0 Å². The van der Waals surface area contributed by atoms with Crippen molar-refractivity contribution in [3.8, 4) is 5.75 Å². The van der Waals surface area contributed by atoms with Gasteiger partial charge in [-0.05, 0) is 74.9 Å². The monoisotopic (exact) mass is 526 g/mol. The summed E-state index contributed by atoms with van der Waals surface area (Å²) in [6.07, 6.45) is 0.804. The van der Waals surface area contributed by atoms with Gasteiger partial charge in [0.05, 0.1) is 17.2 Å². The zero-order valence-electron chi connectivity index (χ0n) is 21.1. The molecule has 3 aromatic rings. The van der Waals surface area contributed by atoms with Crippen LogP contribution in [-0.2, 0) is 20.6 Å². The molecule has 0 bridgehead atoms. The summed E-state index contributed by atoms with van der Waals surface area (Å²) in [7, 11) is -3.95. The number of nitrogens with one attached hydrogen (secondary N) is 1. The lowest BCUT2D eigenvalue weighted by molar-refractivity contribution is -0.119. The molecule has 0 saturated carbocycles. The SMILES string of the molecule is CCOc1ccc(S(=O)(=O)N(CC(=O)NCCCSCc2cccc(C)c2)c2ccc(C)cc2)cc1. The summed E-state index contributed by atoms with van der Waals surface area (Å²) in [4.78, 5) is 12.9. The molecule has 8 heteroatoms. The highest BCUT2D eigenvalue weighted by Gasteiger charge is 2.27. The van der Waals surface area contributed by atoms with E-state index in [1.54, 1.807) is 24.3 Å². The number of carbonyl (C=O) groups excluding carboxylic acids is 1. The van der Waals surface area contributed by atoms with Gasteiger partial charge in [0.2, 0.25) is 5.91 Å². The fourth-order valence-electron chi connectivity index (χ4n) is 3.61. The van der Waals surface area contributed by atoms with Crippen LogP contribution < -0.4 is 14.4 Å². The van der Waals surface area contributed by atoms with Crippen molar-refractivity contribution in [1.29, 1.82) is 0 Å². The zero-order valence-corrected chi connectivity index (χ0v) is 22.7. The fourth-order valence-corrected chi connectivity index (χ4v) is 5.94. The Morgan fingerprint density at radius 3 is 2.36 bits per heavy atom. The third-order valence-corrected chi connectivity index (χ3v) is 8.37. The van der Waals surface area contributed by atoms with Crippen LogP contribution in [0.25, 0.3) is 0 Å². The first kappa shape index (κ1) is 27.6. The van der Waals surface area contributed by atoms with E-state index in [2.05, 4.69) is 36.5 Å². The number of thioether (sulfide) groups is 1. The molecule has 0 spiro atoms. The predicted octanol–water partition coefficient (Wildman–Crippen LogP) is 5.34. The molecule has 3 rings (SSSR count). The van der Waals surface area contributed by atoms with Gasteiger partial charge in [-0.1, -0.05) is 47.5 Å². The van der Waals surface area contributed by atoms with Gasteiger partial charge in [0.15, 0.2) is 0 Å². The minimum atomic E-state index is -3.95. The molecule has 0 heterocycles. The molecule has 36 heavy (non-hydrogen) atoms. The highest BCUT2D eigenvalue weighted by molar-refractivity contribution is 7.98. The lowest BCUT2D eigenvalue weighted by Crippen LogP contribution is -2.41. The summed E-state index contributed by atoms with van der Waals surface area (Å²) in [5.41, 5.74) is 3.99. The zero-order chi connectivity index (χ0) is 26.0. The Labute approximate surface area is 219 Å². The Morgan fingerprint density at radius 1 is 0.972 bits per heavy atom. The second kappa shape index (κ2) is 13.4. The average Bonchev–Trinajstić information content (AvgIpc) is 2.86. The van der Waals surface area contributed by atoms with Crippen molar-refractivity contribution in [2.45, 2.75) is 37.8 Å². The number of ether oxygens (including phenoxy) is 1. The largest absolute Gasteiger partial charge is 0.494 e. The molecule has 3 aromatic carbocycles. The van der Waals surface area contributed by atoms with Gasteiger partial charge in [0.25, 0.3) is 10.0 Å². The van der Waals surface area contributed by atoms with Gasteiger partial charge >= 0.3 is 0 Å². The van der Waals surface area contributed by atoms with Gasteiger partial charge in [0.1, 0.15) is 12.3 Å². The van der Waals surface area contributed by atoms with Crippen LogP contribution in [0.3, 0.4) is 0 Å². The molecule has 1 amide bonds. The lowest BCUT2D eigenvalue weighted by Gasteiger charge is -2.24. The summed E-state index contributed by atoms with van der Waals surface area (Å²) in [5.74, 6) is 2.09. The van der Waals surface area contributed by atoms with Crippen molar-refractivity contribution in [2.75, 3.05) is 29.8 Å². The Kier molecular flexibility index (Phi) is 10.3. The smallest absolute Gasteiger partial charge is 0.264 e. The molecular weight excluding hydrogens is 492 g/mol. The highest BCUT2D eigenvalue weighted by atomic mass is 32.2. The van der Waals surface area contributed by atoms with E-state index in [1.807, 2.05) is 37.7 Å². The number of aryl methyl sites for hydroxylation is 2. The quantitative estimate of drug-likeness (QED) is 0.305. The summed E-state index contributed by atoms with van der Waals surface area (Å²) < 4.78 is 33.6. The molecular formula is C28H34N2O4S2. The van der Waals surface area contributed by atoms with Gasteiger partial charge in [-0.25, -0.2) is 8.42 Å². The van der Waals surface area contributed by atoms with Crippen molar-refractivity contribution in [1.82, 2.24) is 5.32 Å². The summed E-state index contributed by atoms with van der Waals surface area (Å²) in [6.45, 7) is 6.56. The van der Waals surface area contributed by atoms with Crippen molar-refractivity contribution in [2.24, 2.45) is 0 Å². The topological polar surface area (TPSA) is 75.7 Å². The Balaban J connectivity index is 1.60. The van der Waals surface area contributed by atoms with Gasteiger partial charge in [-0.15, -0.1) is 0 Å². The molecule has 0 aromatic heterocycles. The standard InChI is InChI=1S/C28H34N2O4S2/c1-4-34-26-13-15-27(16-14-26)36(32,33)30(25-11-9-22(2)10-12-25)20-28(31)29-17-6-18-35-21-24-8-5-7-23(3)19-24/h5,7-16,19H,4,6,17-18,20-21H2,1-3H3,(H,29,31). The van der Waals surface area contributed by atoms with Crippen molar-refractivity contribution >= 4 is 33.4 Å². The molecule has 0 unspecified atom stereocenters. The third kappa shape index (κ3) is 8.03. The van der Waals surface area contributed by atoms with E-state index in [-0.39, 0.29) is 17.3 Å². The Hall–Kier alpha value is -2.97. The second-order valence-electron chi connectivity index (χ2n) is 8.50. The maximum atomic E-state index is 13.5. The molecule has 0 radical (unpaired) electrons.